The molecule has 1 amide bonds. The van der Waals surface area contributed by atoms with Gasteiger partial charge in [-0.15, -0.1) is 0 Å². The number of nitrogens with one attached hydrogen (secondary N) is 1. The van der Waals surface area contributed by atoms with E-state index >= 15 is 0 Å². The maximum atomic E-state index is 12.6. The van der Waals surface area contributed by atoms with Crippen molar-refractivity contribution in [2.75, 3.05) is 13.1 Å². The van der Waals surface area contributed by atoms with E-state index in [2.05, 4.69) is 25.1 Å². The highest BCUT2D eigenvalue weighted by Gasteiger charge is 2.36. The zero-order chi connectivity index (χ0) is 17.5. The first kappa shape index (κ1) is 14.8. The molecule has 8 nitrogen and oxygen atoms in total. The molecule has 0 saturated carbocycles. The Morgan fingerprint density at radius 1 is 1.15 bits per heavy atom. The van der Waals surface area contributed by atoms with Gasteiger partial charge in [0.1, 0.15) is 0 Å². The van der Waals surface area contributed by atoms with Crippen LogP contribution in [0.4, 0.5) is 0 Å². The van der Waals surface area contributed by atoms with Gasteiger partial charge >= 0.3 is 0 Å². The van der Waals surface area contributed by atoms with Gasteiger partial charge in [0, 0.05) is 42.8 Å². The Balaban J connectivity index is 1.28. The van der Waals surface area contributed by atoms with Crippen LogP contribution in [0.5, 0.6) is 0 Å². The monoisotopic (exact) mass is 346 g/mol. The van der Waals surface area contributed by atoms with Crippen molar-refractivity contribution in [2.24, 2.45) is 0 Å². The maximum absolute atomic E-state index is 12.6. The third kappa shape index (κ3) is 2.43. The van der Waals surface area contributed by atoms with Crippen LogP contribution in [0.15, 0.2) is 53.4 Å². The molecule has 0 unspecified atom stereocenters. The summed E-state index contributed by atoms with van der Waals surface area (Å²) in [6, 6.07) is 9.38. The molecular formula is C18H14N6O2. The van der Waals surface area contributed by atoms with Crippen molar-refractivity contribution in [3.8, 4) is 11.6 Å². The van der Waals surface area contributed by atoms with Crippen LogP contribution < -0.4 is 0 Å². The molecule has 26 heavy (non-hydrogen) atoms. The fourth-order valence-electron chi connectivity index (χ4n) is 3.07. The van der Waals surface area contributed by atoms with Crippen LogP contribution >= 0.6 is 0 Å². The lowest BCUT2D eigenvalue weighted by atomic mass is 9.98. The Morgan fingerprint density at radius 3 is 2.85 bits per heavy atom. The number of amides is 1. The van der Waals surface area contributed by atoms with E-state index in [1.165, 1.54) is 0 Å². The molecule has 1 aliphatic rings. The van der Waals surface area contributed by atoms with E-state index in [-0.39, 0.29) is 11.8 Å². The first-order valence-corrected chi connectivity index (χ1v) is 8.25. The number of hydrogen-bond acceptors (Lipinski definition) is 6. The molecule has 1 aliphatic heterocycles. The van der Waals surface area contributed by atoms with E-state index in [4.69, 9.17) is 4.52 Å². The highest BCUT2D eigenvalue weighted by Crippen LogP contribution is 2.28. The molecule has 0 bridgehead atoms. The van der Waals surface area contributed by atoms with E-state index in [1.807, 2.05) is 30.5 Å². The van der Waals surface area contributed by atoms with Crippen molar-refractivity contribution >= 4 is 16.8 Å². The molecule has 8 heteroatoms. The average Bonchev–Trinajstić information content (AvgIpc) is 3.30. The predicted molar refractivity (Wildman–Crippen MR) is 92.3 cm³/mol. The molecule has 0 atom stereocenters. The molecule has 0 aliphatic carbocycles. The van der Waals surface area contributed by atoms with Crippen molar-refractivity contribution in [1.82, 2.24) is 30.0 Å². The Hall–Kier alpha value is -3.55. The number of H-pyrrole nitrogens is 1. The second-order valence-electron chi connectivity index (χ2n) is 6.22. The third-order valence-corrected chi connectivity index (χ3v) is 4.53. The van der Waals surface area contributed by atoms with Crippen LogP contribution in [0.1, 0.15) is 22.2 Å². The zero-order valence-corrected chi connectivity index (χ0v) is 13.7. The van der Waals surface area contributed by atoms with Crippen LogP contribution in [0.25, 0.3) is 22.6 Å². The summed E-state index contributed by atoms with van der Waals surface area (Å²) in [4.78, 5) is 30.1. The zero-order valence-electron chi connectivity index (χ0n) is 13.7. The fourth-order valence-corrected chi connectivity index (χ4v) is 3.07. The summed E-state index contributed by atoms with van der Waals surface area (Å²) < 4.78 is 5.32. The average molecular weight is 346 g/mol. The van der Waals surface area contributed by atoms with E-state index < -0.39 is 0 Å². The van der Waals surface area contributed by atoms with Crippen molar-refractivity contribution in [1.29, 1.82) is 0 Å². The fraction of sp³-hybridized carbons (Fsp3) is 0.167. The molecule has 0 radical (unpaired) electrons. The van der Waals surface area contributed by atoms with Crippen LogP contribution in [0.2, 0.25) is 0 Å². The lowest BCUT2D eigenvalue weighted by Gasteiger charge is -2.37. The number of aromatic amines is 1. The topological polar surface area (TPSA) is 101 Å². The Bertz CT molecular complexity index is 1080. The Morgan fingerprint density at radius 2 is 2.00 bits per heavy atom. The minimum atomic E-state index is 0.00359. The molecule has 4 aromatic rings. The molecule has 1 fully saturated rings. The van der Waals surface area contributed by atoms with Crippen LogP contribution in [-0.4, -0.2) is 49.0 Å². The van der Waals surface area contributed by atoms with E-state index in [0.29, 0.717) is 36.2 Å². The first-order chi connectivity index (χ1) is 12.8. The number of carbonyl (C=O) groups excluding carboxylic acids is 1. The van der Waals surface area contributed by atoms with Crippen molar-refractivity contribution in [2.45, 2.75) is 5.92 Å². The first-order valence-electron chi connectivity index (χ1n) is 8.25. The van der Waals surface area contributed by atoms with Crippen LogP contribution in [-0.2, 0) is 0 Å². The molecule has 3 aromatic heterocycles. The van der Waals surface area contributed by atoms with Crippen molar-refractivity contribution < 1.29 is 9.32 Å². The predicted octanol–water partition coefficient (Wildman–Crippen LogP) is 2.25. The molecule has 128 valence electrons. The molecule has 4 heterocycles. The summed E-state index contributed by atoms with van der Waals surface area (Å²) >= 11 is 0. The van der Waals surface area contributed by atoms with Gasteiger partial charge < -0.3 is 14.4 Å². The number of likely N-dealkylation sites (tertiary alicyclic amines) is 1. The molecule has 0 spiro atoms. The number of nitrogens with zero attached hydrogens (tertiary/aromatic N) is 5. The van der Waals surface area contributed by atoms with Gasteiger partial charge in [0.25, 0.3) is 5.91 Å². The highest BCUT2D eigenvalue weighted by atomic mass is 16.5. The van der Waals surface area contributed by atoms with Gasteiger partial charge in [-0.2, -0.15) is 4.98 Å². The lowest BCUT2D eigenvalue weighted by Crippen LogP contribution is -2.48. The molecular weight excluding hydrogens is 332 g/mol. The van der Waals surface area contributed by atoms with E-state index in [9.17, 15) is 4.79 Å². The summed E-state index contributed by atoms with van der Waals surface area (Å²) in [5.74, 6) is 1.34. The summed E-state index contributed by atoms with van der Waals surface area (Å²) in [7, 11) is 0. The summed E-state index contributed by atoms with van der Waals surface area (Å²) in [6.45, 7) is 1.11. The normalized spacial score (nSPS) is 14.5. The quantitative estimate of drug-likeness (QED) is 0.610. The molecule has 5 rings (SSSR count). The number of carbonyl (C=O) groups is 1. The number of rotatable bonds is 3. The van der Waals surface area contributed by atoms with Gasteiger partial charge in [-0.3, -0.25) is 4.79 Å². The van der Waals surface area contributed by atoms with Crippen molar-refractivity contribution in [3.05, 3.63) is 60.4 Å². The van der Waals surface area contributed by atoms with Gasteiger partial charge in [0.05, 0.1) is 5.92 Å². The van der Waals surface area contributed by atoms with Gasteiger partial charge in [-0.1, -0.05) is 11.2 Å². The second kappa shape index (κ2) is 5.76. The number of aromatic nitrogens is 5. The Kier molecular flexibility index (Phi) is 3.27. The standard InChI is InChI=1S/C18H14N6O2/c25-18(12-3-2-11-4-7-19-14(11)8-12)24-9-13(10-24)17-22-16(23-26-17)15-20-5-1-6-21-15/h1-8,13,19H,9-10H2. The minimum Gasteiger partial charge on any atom is -0.361 e. The molecule has 1 aromatic carbocycles. The summed E-state index contributed by atoms with van der Waals surface area (Å²) in [5.41, 5.74) is 1.62. The molecule has 1 N–H and O–H groups in total. The van der Waals surface area contributed by atoms with Gasteiger partial charge in [-0.05, 0) is 29.7 Å². The van der Waals surface area contributed by atoms with E-state index in [0.717, 1.165) is 10.9 Å². The van der Waals surface area contributed by atoms with Gasteiger partial charge in [0.2, 0.25) is 17.5 Å². The largest absolute Gasteiger partial charge is 0.361 e. The molecule has 1 saturated heterocycles. The third-order valence-electron chi connectivity index (χ3n) is 4.53. The summed E-state index contributed by atoms with van der Waals surface area (Å²) in [6.07, 6.45) is 5.12. The van der Waals surface area contributed by atoms with Crippen LogP contribution in [0, 0.1) is 0 Å². The van der Waals surface area contributed by atoms with Crippen LogP contribution in [0.3, 0.4) is 0 Å². The van der Waals surface area contributed by atoms with Crippen molar-refractivity contribution in [3.63, 3.8) is 0 Å². The SMILES string of the molecule is O=C(c1ccc2cc[nH]c2c1)N1CC(c2nc(-c3ncccn3)no2)C1. The number of hydrogen-bond donors (Lipinski definition) is 1. The minimum absolute atomic E-state index is 0.00359. The maximum Gasteiger partial charge on any atom is 0.253 e. The van der Waals surface area contributed by atoms with Gasteiger partial charge in [0.15, 0.2) is 0 Å². The Labute approximate surface area is 147 Å². The second-order valence-corrected chi connectivity index (χ2v) is 6.22. The van der Waals surface area contributed by atoms with Gasteiger partial charge in [-0.25, -0.2) is 9.97 Å². The highest BCUT2D eigenvalue weighted by molar-refractivity contribution is 5.98. The van der Waals surface area contributed by atoms with E-state index in [1.54, 1.807) is 23.4 Å². The number of fused-ring (bicyclic) bond motifs is 1. The lowest BCUT2D eigenvalue weighted by molar-refractivity contribution is 0.0569. The number of benzene rings is 1. The smallest absolute Gasteiger partial charge is 0.253 e. The summed E-state index contributed by atoms with van der Waals surface area (Å²) in [5, 5.41) is 5.01.